The Balaban J connectivity index is 1.92. The van der Waals surface area contributed by atoms with E-state index in [1.807, 2.05) is 24.3 Å². The average Bonchev–Trinajstić information content (AvgIpc) is 2.53. The molecule has 0 amide bonds. The van der Waals surface area contributed by atoms with Crippen LogP contribution in [0.15, 0.2) is 59.4 Å². The Labute approximate surface area is 126 Å². The van der Waals surface area contributed by atoms with Gasteiger partial charge in [-0.2, -0.15) is 0 Å². The molecule has 0 saturated carbocycles. The van der Waals surface area contributed by atoms with Crippen molar-refractivity contribution in [3.05, 3.63) is 81.6 Å². The molecule has 0 bridgehead atoms. The lowest BCUT2D eigenvalue weighted by Gasteiger charge is -2.00. The molecule has 0 saturated heterocycles. The number of nitrogens with one attached hydrogen (secondary N) is 1. The molecular formula is C18H13NO3. The van der Waals surface area contributed by atoms with Gasteiger partial charge in [-0.3, -0.25) is 4.79 Å². The van der Waals surface area contributed by atoms with Gasteiger partial charge in [0.1, 0.15) is 0 Å². The number of fused-ring (bicyclic) bond motifs is 1. The van der Waals surface area contributed by atoms with Crippen LogP contribution in [0.5, 0.6) is 0 Å². The molecule has 3 rings (SSSR count). The number of H-pyrrole nitrogens is 1. The third-order valence-corrected chi connectivity index (χ3v) is 3.37. The molecule has 22 heavy (non-hydrogen) atoms. The summed E-state index contributed by atoms with van der Waals surface area (Å²) in [5.41, 5.74) is 2.56. The van der Waals surface area contributed by atoms with Crippen LogP contribution in [0.3, 0.4) is 0 Å². The maximum Gasteiger partial charge on any atom is 0.335 e. The zero-order chi connectivity index (χ0) is 15.5. The molecule has 0 aliphatic rings. The number of aromatic carboxylic acids is 1. The number of aromatic nitrogens is 1. The maximum absolute atomic E-state index is 12.0. The lowest BCUT2D eigenvalue weighted by atomic mass is 10.1. The van der Waals surface area contributed by atoms with E-state index in [4.69, 9.17) is 5.11 Å². The summed E-state index contributed by atoms with van der Waals surface area (Å²) >= 11 is 0. The molecule has 0 spiro atoms. The molecule has 2 aromatic carbocycles. The van der Waals surface area contributed by atoms with Crippen molar-refractivity contribution in [1.29, 1.82) is 0 Å². The van der Waals surface area contributed by atoms with E-state index in [0.717, 1.165) is 11.1 Å². The number of pyridine rings is 1. The van der Waals surface area contributed by atoms with E-state index in [2.05, 4.69) is 4.98 Å². The standard InChI is InChI=1S/C18H13NO3/c20-17-11-14(19-16-4-2-1-3-15(16)17)10-7-12-5-8-13(9-6-12)18(21)22/h1-11H,(H,19,20)(H,21,22)/b10-7+. The maximum atomic E-state index is 12.0. The van der Waals surface area contributed by atoms with E-state index >= 15 is 0 Å². The highest BCUT2D eigenvalue weighted by atomic mass is 16.4. The molecule has 4 nitrogen and oxygen atoms in total. The van der Waals surface area contributed by atoms with Crippen LogP contribution in [0.25, 0.3) is 23.1 Å². The second-order valence-corrected chi connectivity index (χ2v) is 4.90. The largest absolute Gasteiger partial charge is 0.478 e. The predicted molar refractivity (Wildman–Crippen MR) is 86.9 cm³/mol. The highest BCUT2D eigenvalue weighted by Gasteiger charge is 2.01. The SMILES string of the molecule is O=C(O)c1ccc(/C=C/c2cc(=O)c3ccccc3[nH]2)cc1. The van der Waals surface area contributed by atoms with Crippen LogP contribution in [0, 0.1) is 0 Å². The Kier molecular flexibility index (Phi) is 3.58. The predicted octanol–water partition coefficient (Wildman–Crippen LogP) is 3.40. The number of rotatable bonds is 3. The van der Waals surface area contributed by atoms with E-state index in [-0.39, 0.29) is 11.0 Å². The minimum atomic E-state index is -0.950. The monoisotopic (exact) mass is 291 g/mol. The highest BCUT2D eigenvalue weighted by Crippen LogP contribution is 2.11. The number of hydrogen-bond acceptors (Lipinski definition) is 2. The van der Waals surface area contributed by atoms with Crippen LogP contribution >= 0.6 is 0 Å². The van der Waals surface area contributed by atoms with Gasteiger partial charge in [-0.15, -0.1) is 0 Å². The Hall–Kier alpha value is -3.14. The van der Waals surface area contributed by atoms with Crippen LogP contribution in [-0.2, 0) is 0 Å². The van der Waals surface area contributed by atoms with Crippen molar-refractivity contribution in [2.24, 2.45) is 0 Å². The van der Waals surface area contributed by atoms with Gasteiger partial charge in [0.15, 0.2) is 5.43 Å². The van der Waals surface area contributed by atoms with E-state index in [0.29, 0.717) is 11.1 Å². The van der Waals surface area contributed by atoms with Gasteiger partial charge >= 0.3 is 5.97 Å². The second-order valence-electron chi connectivity index (χ2n) is 4.90. The van der Waals surface area contributed by atoms with Gasteiger partial charge in [0.05, 0.1) is 5.56 Å². The van der Waals surface area contributed by atoms with Gasteiger partial charge in [0.25, 0.3) is 0 Å². The summed E-state index contributed by atoms with van der Waals surface area (Å²) < 4.78 is 0. The normalized spacial score (nSPS) is 11.1. The number of para-hydroxylation sites is 1. The third-order valence-electron chi connectivity index (χ3n) is 3.37. The number of aromatic amines is 1. The van der Waals surface area contributed by atoms with Gasteiger partial charge in [0, 0.05) is 22.7 Å². The smallest absolute Gasteiger partial charge is 0.335 e. The first-order valence-electron chi connectivity index (χ1n) is 6.77. The number of carboxylic acids is 1. The quantitative estimate of drug-likeness (QED) is 0.777. The van der Waals surface area contributed by atoms with Crippen molar-refractivity contribution in [2.75, 3.05) is 0 Å². The molecular weight excluding hydrogens is 278 g/mol. The molecule has 2 N–H and O–H groups in total. The molecule has 0 unspecified atom stereocenters. The van der Waals surface area contributed by atoms with Crippen molar-refractivity contribution in [1.82, 2.24) is 4.98 Å². The van der Waals surface area contributed by atoms with Crippen LogP contribution in [-0.4, -0.2) is 16.1 Å². The van der Waals surface area contributed by atoms with Crippen molar-refractivity contribution in [3.8, 4) is 0 Å². The first kappa shape index (κ1) is 13.8. The summed E-state index contributed by atoms with van der Waals surface area (Å²) in [6, 6.07) is 15.4. The Morgan fingerprint density at radius 1 is 1.00 bits per heavy atom. The number of hydrogen-bond donors (Lipinski definition) is 2. The zero-order valence-corrected chi connectivity index (χ0v) is 11.6. The molecule has 1 aromatic heterocycles. The topological polar surface area (TPSA) is 70.2 Å². The van der Waals surface area contributed by atoms with Crippen LogP contribution < -0.4 is 5.43 Å². The van der Waals surface area contributed by atoms with Gasteiger partial charge in [-0.05, 0) is 35.9 Å². The lowest BCUT2D eigenvalue weighted by molar-refractivity contribution is 0.0697. The summed E-state index contributed by atoms with van der Waals surface area (Å²) in [6.45, 7) is 0. The van der Waals surface area contributed by atoms with Crippen molar-refractivity contribution in [2.45, 2.75) is 0 Å². The fourth-order valence-electron chi connectivity index (χ4n) is 2.23. The van der Waals surface area contributed by atoms with Gasteiger partial charge in [-0.1, -0.05) is 30.3 Å². The van der Waals surface area contributed by atoms with E-state index < -0.39 is 5.97 Å². The molecule has 3 aromatic rings. The molecule has 0 fully saturated rings. The first-order chi connectivity index (χ1) is 10.6. The molecule has 0 atom stereocenters. The van der Waals surface area contributed by atoms with E-state index in [1.54, 1.807) is 42.5 Å². The van der Waals surface area contributed by atoms with Crippen LogP contribution in [0.4, 0.5) is 0 Å². The summed E-state index contributed by atoms with van der Waals surface area (Å²) in [5, 5.41) is 9.51. The molecule has 0 aliphatic heterocycles. The van der Waals surface area contributed by atoms with E-state index in [9.17, 15) is 9.59 Å². The second kappa shape index (κ2) is 5.69. The summed E-state index contributed by atoms with van der Waals surface area (Å²) in [4.78, 5) is 26.0. The highest BCUT2D eigenvalue weighted by molar-refractivity contribution is 5.88. The minimum absolute atomic E-state index is 0.0322. The molecule has 108 valence electrons. The zero-order valence-electron chi connectivity index (χ0n) is 11.6. The number of carboxylic acid groups (broad SMARTS) is 1. The molecule has 0 aliphatic carbocycles. The summed E-state index contributed by atoms with van der Waals surface area (Å²) in [5.74, 6) is -0.950. The Morgan fingerprint density at radius 2 is 1.73 bits per heavy atom. The summed E-state index contributed by atoms with van der Waals surface area (Å²) in [6.07, 6.45) is 3.62. The molecule has 1 heterocycles. The fraction of sp³-hybridized carbons (Fsp3) is 0. The fourth-order valence-corrected chi connectivity index (χ4v) is 2.23. The van der Waals surface area contributed by atoms with E-state index in [1.165, 1.54) is 0 Å². The number of carbonyl (C=O) groups is 1. The van der Waals surface area contributed by atoms with Crippen molar-refractivity contribution >= 4 is 29.0 Å². The van der Waals surface area contributed by atoms with Gasteiger partial charge in [0.2, 0.25) is 0 Å². The van der Waals surface area contributed by atoms with Gasteiger partial charge in [-0.25, -0.2) is 4.79 Å². The Bertz CT molecular complexity index is 921. The van der Waals surface area contributed by atoms with Crippen LogP contribution in [0.2, 0.25) is 0 Å². The van der Waals surface area contributed by atoms with Crippen molar-refractivity contribution < 1.29 is 9.90 Å². The summed E-state index contributed by atoms with van der Waals surface area (Å²) in [7, 11) is 0. The van der Waals surface area contributed by atoms with Crippen LogP contribution in [0.1, 0.15) is 21.6 Å². The number of benzene rings is 2. The first-order valence-corrected chi connectivity index (χ1v) is 6.77. The Morgan fingerprint density at radius 3 is 2.45 bits per heavy atom. The van der Waals surface area contributed by atoms with Crippen molar-refractivity contribution in [3.63, 3.8) is 0 Å². The third kappa shape index (κ3) is 2.81. The average molecular weight is 291 g/mol. The molecule has 0 radical (unpaired) electrons. The minimum Gasteiger partial charge on any atom is -0.478 e. The molecule has 4 heteroatoms. The van der Waals surface area contributed by atoms with Gasteiger partial charge < -0.3 is 10.1 Å². The lowest BCUT2D eigenvalue weighted by Crippen LogP contribution is -2.02.